The SMILES string of the molecule is COC(=O)CNC1CC(c2cccc(OC)c2)C1. The van der Waals surface area contributed by atoms with Gasteiger partial charge in [-0.3, -0.25) is 4.79 Å². The zero-order valence-corrected chi connectivity index (χ0v) is 10.8. The molecule has 0 atom stereocenters. The third-order valence-electron chi connectivity index (χ3n) is 3.47. The van der Waals surface area contributed by atoms with Gasteiger partial charge in [0.1, 0.15) is 5.75 Å². The van der Waals surface area contributed by atoms with E-state index in [-0.39, 0.29) is 5.97 Å². The Morgan fingerprint density at radius 3 is 2.83 bits per heavy atom. The number of hydrogen-bond acceptors (Lipinski definition) is 4. The van der Waals surface area contributed by atoms with Gasteiger partial charge in [0.05, 0.1) is 20.8 Å². The number of esters is 1. The van der Waals surface area contributed by atoms with Crippen molar-refractivity contribution < 1.29 is 14.3 Å². The van der Waals surface area contributed by atoms with Gasteiger partial charge in [0.15, 0.2) is 0 Å². The standard InChI is InChI=1S/C14H19NO3/c1-17-13-5-3-4-10(8-13)11-6-12(7-11)15-9-14(16)18-2/h3-5,8,11-12,15H,6-7,9H2,1-2H3. The fourth-order valence-corrected chi connectivity index (χ4v) is 2.25. The van der Waals surface area contributed by atoms with Gasteiger partial charge in [-0.05, 0) is 36.5 Å². The van der Waals surface area contributed by atoms with Gasteiger partial charge in [-0.25, -0.2) is 0 Å². The normalized spacial score (nSPS) is 22.1. The van der Waals surface area contributed by atoms with Gasteiger partial charge in [0.2, 0.25) is 0 Å². The van der Waals surface area contributed by atoms with Crippen molar-refractivity contribution in [1.29, 1.82) is 0 Å². The Balaban J connectivity index is 1.79. The van der Waals surface area contributed by atoms with E-state index in [4.69, 9.17) is 4.74 Å². The van der Waals surface area contributed by atoms with Crippen LogP contribution in [0, 0.1) is 0 Å². The molecule has 0 aliphatic heterocycles. The second kappa shape index (κ2) is 5.87. The van der Waals surface area contributed by atoms with Crippen molar-refractivity contribution in [2.75, 3.05) is 20.8 Å². The summed E-state index contributed by atoms with van der Waals surface area (Å²) in [6.07, 6.45) is 2.12. The second-order valence-electron chi connectivity index (χ2n) is 4.60. The van der Waals surface area contributed by atoms with Crippen LogP contribution in [-0.4, -0.2) is 32.8 Å². The average molecular weight is 249 g/mol. The third kappa shape index (κ3) is 3.01. The zero-order chi connectivity index (χ0) is 13.0. The largest absolute Gasteiger partial charge is 0.497 e. The van der Waals surface area contributed by atoms with E-state index in [1.165, 1.54) is 12.7 Å². The molecule has 0 heterocycles. The van der Waals surface area contributed by atoms with Crippen LogP contribution in [-0.2, 0) is 9.53 Å². The van der Waals surface area contributed by atoms with Crippen molar-refractivity contribution in [2.24, 2.45) is 0 Å². The zero-order valence-electron chi connectivity index (χ0n) is 10.8. The first kappa shape index (κ1) is 12.9. The smallest absolute Gasteiger partial charge is 0.319 e. The number of nitrogens with one attached hydrogen (secondary N) is 1. The van der Waals surface area contributed by atoms with Crippen LogP contribution in [0.1, 0.15) is 24.3 Å². The van der Waals surface area contributed by atoms with Gasteiger partial charge in [-0.2, -0.15) is 0 Å². The first-order valence-corrected chi connectivity index (χ1v) is 6.17. The van der Waals surface area contributed by atoms with Gasteiger partial charge in [-0.1, -0.05) is 12.1 Å². The van der Waals surface area contributed by atoms with Gasteiger partial charge >= 0.3 is 5.97 Å². The van der Waals surface area contributed by atoms with Crippen LogP contribution in [0.5, 0.6) is 5.75 Å². The highest BCUT2D eigenvalue weighted by Gasteiger charge is 2.30. The van der Waals surface area contributed by atoms with Gasteiger partial charge in [-0.15, -0.1) is 0 Å². The molecule has 4 heteroatoms. The Hall–Kier alpha value is -1.55. The molecule has 0 saturated heterocycles. The summed E-state index contributed by atoms with van der Waals surface area (Å²) in [6, 6.07) is 8.60. The number of rotatable bonds is 5. The third-order valence-corrected chi connectivity index (χ3v) is 3.47. The molecule has 0 radical (unpaired) electrons. The number of methoxy groups -OCH3 is 2. The summed E-state index contributed by atoms with van der Waals surface area (Å²) in [6.45, 7) is 0.298. The summed E-state index contributed by atoms with van der Waals surface area (Å²) in [5.74, 6) is 1.26. The molecule has 0 amide bonds. The first-order valence-electron chi connectivity index (χ1n) is 6.17. The first-order chi connectivity index (χ1) is 8.72. The van der Waals surface area contributed by atoms with Crippen molar-refractivity contribution in [2.45, 2.75) is 24.8 Å². The monoisotopic (exact) mass is 249 g/mol. The maximum absolute atomic E-state index is 11.0. The summed E-state index contributed by atoms with van der Waals surface area (Å²) in [5, 5.41) is 3.19. The Bertz CT molecular complexity index is 413. The van der Waals surface area contributed by atoms with Crippen LogP contribution < -0.4 is 10.1 Å². The maximum Gasteiger partial charge on any atom is 0.319 e. The molecule has 1 aromatic rings. The summed E-state index contributed by atoms with van der Waals surface area (Å²) >= 11 is 0. The number of hydrogen-bond donors (Lipinski definition) is 1. The van der Waals surface area contributed by atoms with Crippen molar-refractivity contribution in [3.05, 3.63) is 29.8 Å². The predicted molar refractivity (Wildman–Crippen MR) is 68.8 cm³/mol. The maximum atomic E-state index is 11.0. The number of carbonyl (C=O) groups is 1. The topological polar surface area (TPSA) is 47.6 Å². The van der Waals surface area contributed by atoms with E-state index < -0.39 is 0 Å². The van der Waals surface area contributed by atoms with Gasteiger partial charge in [0.25, 0.3) is 0 Å². The fraction of sp³-hybridized carbons (Fsp3) is 0.500. The molecule has 98 valence electrons. The number of benzene rings is 1. The molecule has 0 bridgehead atoms. The van der Waals surface area contributed by atoms with E-state index in [0.717, 1.165) is 18.6 Å². The van der Waals surface area contributed by atoms with Crippen molar-refractivity contribution in [1.82, 2.24) is 5.32 Å². The quantitative estimate of drug-likeness (QED) is 0.807. The minimum absolute atomic E-state index is 0.208. The van der Waals surface area contributed by atoms with Crippen LogP contribution in [0.3, 0.4) is 0 Å². The summed E-state index contributed by atoms with van der Waals surface area (Å²) < 4.78 is 9.81. The highest BCUT2D eigenvalue weighted by atomic mass is 16.5. The van der Waals surface area contributed by atoms with Crippen molar-refractivity contribution in [3.63, 3.8) is 0 Å². The van der Waals surface area contributed by atoms with Crippen LogP contribution in [0.15, 0.2) is 24.3 Å². The van der Waals surface area contributed by atoms with E-state index in [2.05, 4.69) is 22.2 Å². The molecule has 1 aliphatic carbocycles. The van der Waals surface area contributed by atoms with Gasteiger partial charge < -0.3 is 14.8 Å². The van der Waals surface area contributed by atoms with Crippen LogP contribution in [0.25, 0.3) is 0 Å². The molecular weight excluding hydrogens is 230 g/mol. The minimum Gasteiger partial charge on any atom is -0.497 e. The highest BCUT2D eigenvalue weighted by molar-refractivity contribution is 5.71. The fourth-order valence-electron chi connectivity index (χ4n) is 2.25. The average Bonchev–Trinajstić information content (AvgIpc) is 2.36. The van der Waals surface area contributed by atoms with E-state index >= 15 is 0 Å². The highest BCUT2D eigenvalue weighted by Crippen LogP contribution is 2.37. The second-order valence-corrected chi connectivity index (χ2v) is 4.60. The molecule has 1 saturated carbocycles. The van der Waals surface area contributed by atoms with Crippen molar-refractivity contribution >= 4 is 5.97 Å². The molecule has 0 aromatic heterocycles. The summed E-state index contributed by atoms with van der Waals surface area (Å²) in [7, 11) is 3.09. The lowest BCUT2D eigenvalue weighted by molar-refractivity contribution is -0.139. The molecule has 1 aliphatic rings. The minimum atomic E-state index is -0.208. The molecule has 2 rings (SSSR count). The van der Waals surface area contributed by atoms with E-state index in [9.17, 15) is 4.79 Å². The van der Waals surface area contributed by atoms with Crippen LogP contribution >= 0.6 is 0 Å². The van der Waals surface area contributed by atoms with Crippen LogP contribution in [0.4, 0.5) is 0 Å². The molecule has 1 aromatic carbocycles. The lowest BCUT2D eigenvalue weighted by Gasteiger charge is -2.36. The Morgan fingerprint density at radius 1 is 1.39 bits per heavy atom. The lowest BCUT2D eigenvalue weighted by Crippen LogP contribution is -2.42. The summed E-state index contributed by atoms with van der Waals surface area (Å²) in [5.41, 5.74) is 1.31. The predicted octanol–water partition coefficient (Wildman–Crippen LogP) is 1.70. The lowest BCUT2D eigenvalue weighted by atomic mass is 9.76. The number of ether oxygens (including phenoxy) is 2. The Kier molecular flexibility index (Phi) is 4.20. The van der Waals surface area contributed by atoms with E-state index in [1.807, 2.05) is 12.1 Å². The van der Waals surface area contributed by atoms with Gasteiger partial charge in [0, 0.05) is 6.04 Å². The molecule has 4 nitrogen and oxygen atoms in total. The summed E-state index contributed by atoms with van der Waals surface area (Å²) in [4.78, 5) is 11.0. The molecule has 1 fully saturated rings. The van der Waals surface area contributed by atoms with Crippen molar-refractivity contribution in [3.8, 4) is 5.75 Å². The van der Waals surface area contributed by atoms with E-state index in [0.29, 0.717) is 18.5 Å². The Morgan fingerprint density at radius 2 is 2.17 bits per heavy atom. The molecule has 18 heavy (non-hydrogen) atoms. The molecular formula is C14H19NO3. The van der Waals surface area contributed by atoms with E-state index in [1.54, 1.807) is 7.11 Å². The number of carbonyl (C=O) groups excluding carboxylic acids is 1. The van der Waals surface area contributed by atoms with Crippen LogP contribution in [0.2, 0.25) is 0 Å². The Labute approximate surface area is 107 Å². The molecule has 1 N–H and O–H groups in total. The molecule has 0 spiro atoms. The molecule has 0 unspecified atom stereocenters.